The van der Waals surface area contributed by atoms with E-state index in [2.05, 4.69) is 37.9 Å². The lowest BCUT2D eigenvalue weighted by Gasteiger charge is -2.28. The molecule has 0 spiro atoms. The van der Waals surface area contributed by atoms with Crippen LogP contribution in [-0.2, 0) is 0 Å². The van der Waals surface area contributed by atoms with E-state index in [4.69, 9.17) is 0 Å². The van der Waals surface area contributed by atoms with Crippen molar-refractivity contribution in [2.24, 2.45) is 5.92 Å². The highest BCUT2D eigenvalue weighted by atomic mass is 16.6. The Morgan fingerprint density at radius 2 is 1.75 bits per heavy atom. The van der Waals surface area contributed by atoms with Crippen LogP contribution in [0.4, 0.5) is 16.2 Å². The minimum absolute atomic E-state index is 0.00793. The quantitative estimate of drug-likeness (QED) is 0.553. The summed E-state index contributed by atoms with van der Waals surface area (Å²) in [7, 11) is 0. The van der Waals surface area contributed by atoms with Gasteiger partial charge in [0.05, 0.1) is 4.92 Å². The van der Waals surface area contributed by atoms with Crippen LogP contribution < -0.4 is 5.32 Å². The molecule has 134 valence electrons. The van der Waals surface area contributed by atoms with Crippen LogP contribution in [-0.4, -0.2) is 53.5 Å². The number of hydrogen-bond acceptors (Lipinski definition) is 4. The van der Waals surface area contributed by atoms with Gasteiger partial charge in [0.2, 0.25) is 0 Å². The number of hydrogen-bond donors (Lipinski definition) is 1. The molecule has 0 heterocycles. The maximum atomic E-state index is 12.5. The fraction of sp³-hybridized carbons (Fsp3) is 0.588. The van der Waals surface area contributed by atoms with Crippen molar-refractivity contribution in [3.63, 3.8) is 0 Å². The highest BCUT2D eigenvalue weighted by Crippen LogP contribution is 2.16. The predicted molar refractivity (Wildman–Crippen MR) is 96.3 cm³/mol. The second-order valence-corrected chi connectivity index (χ2v) is 6.10. The van der Waals surface area contributed by atoms with Gasteiger partial charge in [-0.2, -0.15) is 0 Å². The Kier molecular flexibility index (Phi) is 8.18. The molecular formula is C17H28N4O3. The molecular weight excluding hydrogens is 308 g/mol. The number of benzene rings is 1. The Morgan fingerprint density at radius 3 is 2.21 bits per heavy atom. The summed E-state index contributed by atoms with van der Waals surface area (Å²) in [6.07, 6.45) is 0. The van der Waals surface area contributed by atoms with Gasteiger partial charge in [0, 0.05) is 37.5 Å². The fourth-order valence-electron chi connectivity index (χ4n) is 2.39. The van der Waals surface area contributed by atoms with Crippen molar-refractivity contribution in [2.75, 3.05) is 38.0 Å². The molecule has 24 heavy (non-hydrogen) atoms. The van der Waals surface area contributed by atoms with Gasteiger partial charge in [-0.05, 0) is 31.1 Å². The van der Waals surface area contributed by atoms with Crippen LogP contribution in [0.3, 0.4) is 0 Å². The van der Waals surface area contributed by atoms with Crippen LogP contribution in [0.25, 0.3) is 0 Å². The van der Waals surface area contributed by atoms with E-state index in [1.165, 1.54) is 12.1 Å². The van der Waals surface area contributed by atoms with E-state index in [1.54, 1.807) is 17.0 Å². The van der Waals surface area contributed by atoms with E-state index in [1.807, 2.05) is 0 Å². The van der Waals surface area contributed by atoms with Crippen LogP contribution in [0.5, 0.6) is 0 Å². The molecule has 0 bridgehead atoms. The third-order valence-corrected chi connectivity index (χ3v) is 3.78. The summed E-state index contributed by atoms with van der Waals surface area (Å²) in [5.74, 6) is 0.365. The van der Waals surface area contributed by atoms with Crippen molar-refractivity contribution in [2.45, 2.75) is 27.7 Å². The minimum atomic E-state index is -0.458. The van der Waals surface area contributed by atoms with Crippen molar-refractivity contribution in [3.05, 3.63) is 34.4 Å². The number of urea groups is 1. The molecule has 0 aromatic heterocycles. The Bertz CT molecular complexity index is 527. The lowest BCUT2D eigenvalue weighted by Crippen LogP contribution is -2.42. The van der Waals surface area contributed by atoms with E-state index in [0.717, 1.165) is 19.6 Å². The van der Waals surface area contributed by atoms with Crippen LogP contribution >= 0.6 is 0 Å². The van der Waals surface area contributed by atoms with Crippen molar-refractivity contribution in [3.8, 4) is 0 Å². The molecule has 1 aromatic carbocycles. The smallest absolute Gasteiger partial charge is 0.321 e. The molecule has 0 saturated heterocycles. The molecule has 1 aromatic rings. The number of likely N-dealkylation sites (N-methyl/N-ethyl adjacent to an activating group) is 1. The molecule has 0 aliphatic carbocycles. The number of amides is 2. The molecule has 0 saturated carbocycles. The molecule has 7 heteroatoms. The maximum Gasteiger partial charge on any atom is 0.321 e. The minimum Gasteiger partial charge on any atom is -0.323 e. The van der Waals surface area contributed by atoms with E-state index in [-0.39, 0.29) is 11.7 Å². The van der Waals surface area contributed by atoms with Crippen LogP contribution in [0.1, 0.15) is 27.7 Å². The van der Waals surface area contributed by atoms with E-state index >= 15 is 0 Å². The van der Waals surface area contributed by atoms with Gasteiger partial charge in [-0.1, -0.05) is 27.7 Å². The third-order valence-electron chi connectivity index (χ3n) is 3.78. The summed E-state index contributed by atoms with van der Waals surface area (Å²) in [6, 6.07) is 5.70. The number of nitro benzene ring substituents is 1. The topological polar surface area (TPSA) is 78.7 Å². The van der Waals surface area contributed by atoms with Gasteiger partial charge in [-0.25, -0.2) is 4.79 Å². The predicted octanol–water partition coefficient (Wildman–Crippen LogP) is 3.43. The van der Waals surface area contributed by atoms with Crippen LogP contribution in [0.2, 0.25) is 0 Å². The average Bonchev–Trinajstić information content (AvgIpc) is 2.54. The molecule has 7 nitrogen and oxygen atoms in total. The number of nitro groups is 1. The molecule has 0 atom stereocenters. The summed E-state index contributed by atoms with van der Waals surface area (Å²) in [6.45, 7) is 12.4. The van der Waals surface area contributed by atoms with Gasteiger partial charge in [-0.15, -0.1) is 0 Å². The van der Waals surface area contributed by atoms with E-state index in [0.29, 0.717) is 24.7 Å². The van der Waals surface area contributed by atoms with Crippen LogP contribution in [0.15, 0.2) is 24.3 Å². The fourth-order valence-corrected chi connectivity index (χ4v) is 2.39. The Labute approximate surface area is 143 Å². The SMILES string of the molecule is CCN(CC)CCN(CC(C)C)C(=O)Nc1ccc([N+](=O)[O-])cc1. The van der Waals surface area contributed by atoms with Crippen molar-refractivity contribution in [1.82, 2.24) is 9.80 Å². The first-order valence-corrected chi connectivity index (χ1v) is 8.40. The zero-order valence-electron chi connectivity index (χ0n) is 15.0. The molecule has 1 N–H and O–H groups in total. The monoisotopic (exact) mass is 336 g/mol. The molecule has 0 aliphatic heterocycles. The number of carbonyl (C=O) groups is 1. The standard InChI is InChI=1S/C17H28N4O3/c1-5-19(6-2)11-12-20(13-14(3)4)17(22)18-15-7-9-16(10-8-15)21(23)24/h7-10,14H,5-6,11-13H2,1-4H3,(H,18,22). The summed E-state index contributed by atoms with van der Waals surface area (Å²) >= 11 is 0. The third kappa shape index (κ3) is 6.54. The van der Waals surface area contributed by atoms with Gasteiger partial charge >= 0.3 is 6.03 Å². The second-order valence-electron chi connectivity index (χ2n) is 6.10. The lowest BCUT2D eigenvalue weighted by atomic mass is 10.2. The van der Waals surface area contributed by atoms with Crippen molar-refractivity contribution in [1.29, 1.82) is 0 Å². The summed E-state index contributed by atoms with van der Waals surface area (Å²) in [5.41, 5.74) is 0.566. The molecule has 0 unspecified atom stereocenters. The highest BCUT2D eigenvalue weighted by Gasteiger charge is 2.16. The Balaban J connectivity index is 2.70. The Morgan fingerprint density at radius 1 is 1.17 bits per heavy atom. The van der Waals surface area contributed by atoms with Gasteiger partial charge in [-0.3, -0.25) is 10.1 Å². The zero-order chi connectivity index (χ0) is 18.1. The number of nitrogens with one attached hydrogen (secondary N) is 1. The number of anilines is 1. The normalized spacial score (nSPS) is 10.9. The van der Waals surface area contributed by atoms with Gasteiger partial charge < -0.3 is 15.1 Å². The second kappa shape index (κ2) is 9.87. The first kappa shape index (κ1) is 19.9. The van der Waals surface area contributed by atoms with Gasteiger partial charge in [0.25, 0.3) is 5.69 Å². The highest BCUT2D eigenvalue weighted by molar-refractivity contribution is 5.89. The molecule has 2 amide bonds. The zero-order valence-corrected chi connectivity index (χ0v) is 15.0. The maximum absolute atomic E-state index is 12.5. The first-order chi connectivity index (χ1) is 11.4. The summed E-state index contributed by atoms with van der Waals surface area (Å²) in [4.78, 5) is 26.8. The number of nitrogens with zero attached hydrogens (tertiary/aromatic N) is 3. The van der Waals surface area contributed by atoms with Crippen molar-refractivity contribution < 1.29 is 9.72 Å². The lowest BCUT2D eigenvalue weighted by molar-refractivity contribution is -0.384. The number of carbonyl (C=O) groups excluding carboxylic acids is 1. The Hall–Kier alpha value is -2.15. The largest absolute Gasteiger partial charge is 0.323 e. The molecule has 1 rings (SSSR count). The summed E-state index contributed by atoms with van der Waals surface area (Å²) < 4.78 is 0. The average molecular weight is 336 g/mol. The number of rotatable bonds is 9. The van der Waals surface area contributed by atoms with Crippen molar-refractivity contribution >= 4 is 17.4 Å². The number of non-ortho nitro benzene ring substituents is 1. The molecule has 0 radical (unpaired) electrons. The molecule has 0 aliphatic rings. The first-order valence-electron chi connectivity index (χ1n) is 8.40. The van der Waals surface area contributed by atoms with E-state index < -0.39 is 4.92 Å². The summed E-state index contributed by atoms with van der Waals surface area (Å²) in [5, 5.41) is 13.5. The van der Waals surface area contributed by atoms with Gasteiger partial charge in [0.1, 0.15) is 0 Å². The van der Waals surface area contributed by atoms with Gasteiger partial charge in [0.15, 0.2) is 0 Å². The van der Waals surface area contributed by atoms with Crippen LogP contribution in [0, 0.1) is 16.0 Å². The molecule has 0 fully saturated rings. The van der Waals surface area contributed by atoms with E-state index in [9.17, 15) is 14.9 Å².